The highest BCUT2D eigenvalue weighted by molar-refractivity contribution is 7.80. The van der Waals surface area contributed by atoms with Crippen molar-refractivity contribution in [2.45, 2.75) is 13.1 Å². The number of thiocarbonyl (C=S) groups is 1. The Morgan fingerprint density at radius 2 is 2.05 bits per heavy atom. The van der Waals surface area contributed by atoms with Crippen LogP contribution in [-0.4, -0.2) is 11.7 Å². The van der Waals surface area contributed by atoms with Gasteiger partial charge in [0, 0.05) is 10.7 Å². The first-order valence-electron chi connectivity index (χ1n) is 5.41. The first-order valence-corrected chi connectivity index (χ1v) is 6.19. The molecule has 2 nitrogen and oxygen atoms in total. The van der Waals surface area contributed by atoms with Gasteiger partial charge in [-0.05, 0) is 37.3 Å². The molecule has 20 heavy (non-hydrogen) atoms. The molecule has 0 aliphatic carbocycles. The molecule has 0 amide bonds. The minimum Gasteiger partial charge on any atom is -0.376 e. The van der Waals surface area contributed by atoms with Gasteiger partial charge in [0.1, 0.15) is 5.82 Å². The van der Waals surface area contributed by atoms with Crippen LogP contribution < -0.4 is 10.6 Å². The van der Waals surface area contributed by atoms with Crippen LogP contribution in [0.25, 0.3) is 0 Å². The van der Waals surface area contributed by atoms with E-state index in [1.165, 1.54) is 4.90 Å². The number of hydrogen-bond acceptors (Lipinski definition) is 1. The highest BCUT2D eigenvalue weighted by Gasteiger charge is 2.34. The molecule has 0 atom stereocenters. The molecular weight excluding hydrogens is 316 g/mol. The van der Waals surface area contributed by atoms with E-state index in [0.717, 1.165) is 6.07 Å². The molecule has 0 radical (unpaired) electrons. The second-order valence-electron chi connectivity index (χ2n) is 3.82. The maximum Gasteiger partial charge on any atom is 0.419 e. The number of halogens is 5. The van der Waals surface area contributed by atoms with Crippen LogP contribution in [-0.2, 0) is 6.18 Å². The summed E-state index contributed by atoms with van der Waals surface area (Å²) in [6, 6.07) is 2.52. The Hall–Kier alpha value is -1.34. The van der Waals surface area contributed by atoms with Gasteiger partial charge in [0.05, 0.1) is 12.1 Å². The Bertz CT molecular complexity index is 543. The van der Waals surface area contributed by atoms with Crippen LogP contribution in [0.5, 0.6) is 0 Å². The third-order valence-electron chi connectivity index (χ3n) is 2.46. The molecule has 0 heterocycles. The van der Waals surface area contributed by atoms with Gasteiger partial charge in [0.15, 0.2) is 5.11 Å². The van der Waals surface area contributed by atoms with E-state index < -0.39 is 17.6 Å². The molecule has 1 rings (SSSR count). The van der Waals surface area contributed by atoms with Crippen LogP contribution in [0.3, 0.4) is 0 Å². The smallest absolute Gasteiger partial charge is 0.376 e. The van der Waals surface area contributed by atoms with E-state index in [2.05, 4.69) is 0 Å². The van der Waals surface area contributed by atoms with Crippen molar-refractivity contribution < 1.29 is 17.6 Å². The molecule has 0 unspecified atom stereocenters. The molecule has 0 spiro atoms. The zero-order chi connectivity index (χ0) is 15.5. The maximum absolute atomic E-state index is 13.2. The van der Waals surface area contributed by atoms with Gasteiger partial charge in [0.2, 0.25) is 0 Å². The number of nitrogens with zero attached hydrogens (tertiary/aromatic N) is 1. The Kier molecular flexibility index (Phi) is 5.35. The third kappa shape index (κ3) is 4.08. The summed E-state index contributed by atoms with van der Waals surface area (Å²) >= 11 is 10.6. The van der Waals surface area contributed by atoms with Gasteiger partial charge in [0.25, 0.3) is 0 Å². The van der Waals surface area contributed by atoms with Gasteiger partial charge in [-0.1, -0.05) is 17.7 Å². The van der Waals surface area contributed by atoms with Crippen molar-refractivity contribution in [1.82, 2.24) is 0 Å². The van der Waals surface area contributed by atoms with E-state index in [1.54, 1.807) is 13.0 Å². The highest BCUT2D eigenvalue weighted by atomic mass is 35.5. The number of rotatable bonds is 3. The number of alkyl halides is 3. The minimum atomic E-state index is -4.80. The Morgan fingerprint density at radius 3 is 2.50 bits per heavy atom. The van der Waals surface area contributed by atoms with Crippen LogP contribution in [0.2, 0.25) is 0 Å². The summed E-state index contributed by atoms with van der Waals surface area (Å²) in [5.74, 6) is -1.36. The SMILES string of the molecule is C/C=C(\Cl)CN(C(N)=S)c1ccc(F)c(C(F)(F)F)c1. The average Bonchev–Trinajstić information content (AvgIpc) is 2.34. The van der Waals surface area contributed by atoms with E-state index in [0.29, 0.717) is 17.2 Å². The monoisotopic (exact) mass is 326 g/mol. The second-order valence-corrected chi connectivity index (χ2v) is 4.73. The van der Waals surface area contributed by atoms with Crippen molar-refractivity contribution in [2.24, 2.45) is 5.73 Å². The standard InChI is InChI=1S/C12H11ClF4N2S/c1-2-7(13)6-19(11(18)20)8-3-4-10(14)9(5-8)12(15,16)17/h2-5H,6H2,1H3,(H2,18,20)/b7-2-. The van der Waals surface area contributed by atoms with Crippen LogP contribution in [0.15, 0.2) is 29.3 Å². The quantitative estimate of drug-likeness (QED) is 0.671. The van der Waals surface area contributed by atoms with E-state index in [4.69, 9.17) is 29.6 Å². The number of allylic oxidation sites excluding steroid dienone is 1. The molecule has 0 aliphatic heterocycles. The lowest BCUT2D eigenvalue weighted by molar-refractivity contribution is -0.139. The molecule has 8 heteroatoms. The van der Waals surface area contributed by atoms with Gasteiger partial charge < -0.3 is 10.6 Å². The fourth-order valence-corrected chi connectivity index (χ4v) is 1.73. The summed E-state index contributed by atoms with van der Waals surface area (Å²) in [4.78, 5) is 1.19. The topological polar surface area (TPSA) is 29.3 Å². The number of benzene rings is 1. The summed E-state index contributed by atoms with van der Waals surface area (Å²) < 4.78 is 51.2. The van der Waals surface area contributed by atoms with Crippen molar-refractivity contribution >= 4 is 34.6 Å². The molecule has 0 aromatic heterocycles. The first-order chi connectivity index (χ1) is 9.16. The van der Waals surface area contributed by atoms with Crippen LogP contribution in [0.1, 0.15) is 12.5 Å². The summed E-state index contributed by atoms with van der Waals surface area (Å²) in [6.07, 6.45) is -3.24. The molecule has 110 valence electrons. The van der Waals surface area contributed by atoms with Crippen molar-refractivity contribution in [3.8, 4) is 0 Å². The van der Waals surface area contributed by atoms with E-state index in [9.17, 15) is 17.6 Å². The fraction of sp³-hybridized carbons (Fsp3) is 0.250. The van der Waals surface area contributed by atoms with Gasteiger partial charge in [-0.3, -0.25) is 0 Å². The fourth-order valence-electron chi connectivity index (χ4n) is 1.44. The molecule has 0 saturated heterocycles. The molecule has 1 aromatic carbocycles. The van der Waals surface area contributed by atoms with Gasteiger partial charge in [-0.15, -0.1) is 0 Å². The number of nitrogens with two attached hydrogens (primary N) is 1. The molecule has 0 bridgehead atoms. The Morgan fingerprint density at radius 1 is 1.45 bits per heavy atom. The largest absolute Gasteiger partial charge is 0.419 e. The van der Waals surface area contributed by atoms with Crippen LogP contribution in [0.4, 0.5) is 23.2 Å². The highest BCUT2D eigenvalue weighted by Crippen LogP contribution is 2.34. The van der Waals surface area contributed by atoms with Crippen LogP contribution in [0, 0.1) is 5.82 Å². The van der Waals surface area contributed by atoms with E-state index in [-0.39, 0.29) is 17.3 Å². The minimum absolute atomic E-state index is 0.0102. The summed E-state index contributed by atoms with van der Waals surface area (Å²) in [7, 11) is 0. The number of anilines is 1. The average molecular weight is 327 g/mol. The predicted octanol–water partition coefficient (Wildman–Crippen LogP) is 4.04. The summed E-state index contributed by atoms with van der Waals surface area (Å²) in [5, 5.41) is 0.181. The van der Waals surface area contributed by atoms with Crippen molar-refractivity contribution in [3.05, 3.63) is 40.7 Å². The van der Waals surface area contributed by atoms with Gasteiger partial charge >= 0.3 is 6.18 Å². The van der Waals surface area contributed by atoms with Crippen molar-refractivity contribution in [2.75, 3.05) is 11.4 Å². The van der Waals surface area contributed by atoms with Crippen molar-refractivity contribution in [1.29, 1.82) is 0 Å². The lowest BCUT2D eigenvalue weighted by Gasteiger charge is -2.23. The zero-order valence-electron chi connectivity index (χ0n) is 10.3. The number of hydrogen-bond donors (Lipinski definition) is 1. The molecule has 0 fully saturated rings. The predicted molar refractivity (Wildman–Crippen MR) is 75.1 cm³/mol. The third-order valence-corrected chi connectivity index (χ3v) is 3.01. The summed E-state index contributed by atoms with van der Waals surface area (Å²) in [5.41, 5.74) is 4.10. The molecule has 2 N–H and O–H groups in total. The second kappa shape index (κ2) is 6.41. The first kappa shape index (κ1) is 16.7. The zero-order valence-corrected chi connectivity index (χ0v) is 11.9. The summed E-state index contributed by atoms with van der Waals surface area (Å²) in [6.45, 7) is 1.67. The van der Waals surface area contributed by atoms with E-state index in [1.807, 2.05) is 0 Å². The van der Waals surface area contributed by atoms with Crippen molar-refractivity contribution in [3.63, 3.8) is 0 Å². The normalized spacial score (nSPS) is 12.4. The maximum atomic E-state index is 13.2. The Balaban J connectivity index is 3.25. The molecule has 0 saturated carbocycles. The lowest BCUT2D eigenvalue weighted by Crippen LogP contribution is -2.36. The molecule has 0 aliphatic rings. The van der Waals surface area contributed by atoms with Crippen LogP contribution >= 0.6 is 23.8 Å². The molecule has 1 aromatic rings. The van der Waals surface area contributed by atoms with E-state index >= 15 is 0 Å². The Labute approximate surface area is 123 Å². The molecular formula is C12H11ClF4N2S. The van der Waals surface area contributed by atoms with Gasteiger partial charge in [-0.2, -0.15) is 13.2 Å². The lowest BCUT2D eigenvalue weighted by atomic mass is 10.1. The van der Waals surface area contributed by atoms with Gasteiger partial charge in [-0.25, -0.2) is 4.39 Å².